The zero-order valence-corrected chi connectivity index (χ0v) is 16.6. The Kier molecular flexibility index (Phi) is 5.45. The summed E-state index contributed by atoms with van der Waals surface area (Å²) >= 11 is 11.8. The van der Waals surface area contributed by atoms with E-state index in [4.69, 9.17) is 23.2 Å². The molecule has 0 unspecified atom stereocenters. The number of fused-ring (bicyclic) bond motifs is 1. The molecule has 0 saturated heterocycles. The molecule has 27 heavy (non-hydrogen) atoms. The van der Waals surface area contributed by atoms with E-state index in [1.54, 1.807) is 6.07 Å². The molecule has 2 N–H and O–H groups in total. The van der Waals surface area contributed by atoms with Crippen molar-refractivity contribution < 1.29 is 22.8 Å². The largest absolute Gasteiger partial charge is 0.345 e. The van der Waals surface area contributed by atoms with Gasteiger partial charge in [0, 0.05) is 22.4 Å². The molecule has 0 aliphatic carbocycles. The van der Waals surface area contributed by atoms with Crippen molar-refractivity contribution in [1.82, 2.24) is 9.97 Å². The maximum atomic E-state index is 13.2. The molecule has 12 heteroatoms. The first kappa shape index (κ1) is 20.0. The predicted molar refractivity (Wildman–Crippen MR) is 103 cm³/mol. The Morgan fingerprint density at radius 1 is 1.04 bits per heavy atom. The fourth-order valence-corrected chi connectivity index (χ4v) is 5.85. The molecule has 0 fully saturated rings. The lowest BCUT2D eigenvalue weighted by atomic mass is 10.2. The van der Waals surface area contributed by atoms with E-state index in [1.807, 2.05) is 0 Å². The highest BCUT2D eigenvalue weighted by atomic mass is 35.5. The van der Waals surface area contributed by atoms with Crippen LogP contribution >= 0.6 is 30.8 Å². The van der Waals surface area contributed by atoms with Crippen molar-refractivity contribution in [3.8, 4) is 0 Å². The third kappa shape index (κ3) is 4.40. The Hall–Kier alpha value is -1.74. The van der Waals surface area contributed by atoms with Gasteiger partial charge >= 0.3 is 7.60 Å². The highest BCUT2D eigenvalue weighted by Gasteiger charge is 2.33. The molecule has 3 aromatic rings. The summed E-state index contributed by atoms with van der Waals surface area (Å²) in [6.07, 6.45) is 1.68. The first-order valence-electron chi connectivity index (χ1n) is 7.31. The number of rotatable bonds is 5. The summed E-state index contributed by atoms with van der Waals surface area (Å²) in [7, 11) is -9.19. The van der Waals surface area contributed by atoms with Crippen LogP contribution in [0.5, 0.6) is 0 Å². The van der Waals surface area contributed by atoms with Crippen molar-refractivity contribution in [2.24, 2.45) is 0 Å². The Morgan fingerprint density at radius 2 is 1.67 bits per heavy atom. The molecule has 1 heterocycles. The van der Waals surface area contributed by atoms with Gasteiger partial charge in [-0.3, -0.25) is 18.8 Å². The second kappa shape index (κ2) is 7.35. The minimum absolute atomic E-state index is 0.0278. The second-order valence-corrected chi connectivity index (χ2v) is 9.81. The van der Waals surface area contributed by atoms with Crippen LogP contribution < -0.4 is 4.31 Å². The minimum Gasteiger partial charge on any atom is -0.323 e. The Morgan fingerprint density at radius 3 is 2.30 bits per heavy atom. The molecule has 0 atom stereocenters. The van der Waals surface area contributed by atoms with Crippen LogP contribution in [0.25, 0.3) is 11.0 Å². The van der Waals surface area contributed by atoms with Gasteiger partial charge < -0.3 is 9.79 Å². The van der Waals surface area contributed by atoms with Crippen LogP contribution in [0.3, 0.4) is 0 Å². The zero-order valence-electron chi connectivity index (χ0n) is 13.4. The fraction of sp³-hybridized carbons (Fsp3) is 0.0667. The summed E-state index contributed by atoms with van der Waals surface area (Å²) in [5.74, 6) is 0. The first-order valence-corrected chi connectivity index (χ1v) is 11.3. The molecule has 1 aromatic heterocycles. The van der Waals surface area contributed by atoms with Gasteiger partial charge in [-0.1, -0.05) is 29.3 Å². The number of hydrogen-bond donors (Lipinski definition) is 2. The van der Waals surface area contributed by atoms with Crippen LogP contribution in [0.4, 0.5) is 5.69 Å². The van der Waals surface area contributed by atoms with Crippen molar-refractivity contribution in [3.05, 3.63) is 58.8 Å². The van der Waals surface area contributed by atoms with Gasteiger partial charge in [0.2, 0.25) is 0 Å². The molecule has 0 aliphatic heterocycles. The summed E-state index contributed by atoms with van der Waals surface area (Å²) in [4.78, 5) is 26.8. The van der Waals surface area contributed by atoms with Crippen molar-refractivity contribution in [2.45, 2.75) is 4.90 Å². The molecule has 0 spiro atoms. The SMILES string of the molecule is O=P(O)(O)CN(c1cccc2nccnc12)S(=O)(=O)c1cc(Cl)cc(Cl)c1. The third-order valence-electron chi connectivity index (χ3n) is 3.48. The summed E-state index contributed by atoms with van der Waals surface area (Å²) in [5.41, 5.74) is 0.509. The lowest BCUT2D eigenvalue weighted by Crippen LogP contribution is -2.32. The van der Waals surface area contributed by atoms with Crippen LogP contribution in [0.1, 0.15) is 0 Å². The van der Waals surface area contributed by atoms with E-state index in [2.05, 4.69) is 9.97 Å². The summed E-state index contributed by atoms with van der Waals surface area (Å²) in [5, 5.41) is 0.129. The van der Waals surface area contributed by atoms with Crippen LogP contribution in [0, 0.1) is 0 Å². The van der Waals surface area contributed by atoms with E-state index in [9.17, 15) is 22.8 Å². The van der Waals surface area contributed by atoms with Crippen LogP contribution in [-0.2, 0) is 14.6 Å². The van der Waals surface area contributed by atoms with Gasteiger partial charge in [0.15, 0.2) is 0 Å². The predicted octanol–water partition coefficient (Wildman–Crippen LogP) is 3.27. The quantitative estimate of drug-likeness (QED) is 0.575. The molecule has 0 aliphatic rings. The van der Waals surface area contributed by atoms with E-state index < -0.39 is 23.9 Å². The monoisotopic (exact) mass is 447 g/mol. The average molecular weight is 448 g/mol. The van der Waals surface area contributed by atoms with Gasteiger partial charge in [0.1, 0.15) is 11.8 Å². The standard InChI is InChI=1S/C15H12Cl2N3O5PS/c16-10-6-11(17)8-12(7-10)27(24,25)20(9-26(21,22)23)14-3-1-2-13-15(14)19-5-4-18-13/h1-8H,9H2,(H2,21,22,23). The number of anilines is 1. The Bertz CT molecular complexity index is 1140. The number of para-hydroxylation sites is 1. The molecule has 3 rings (SSSR count). The van der Waals surface area contributed by atoms with Crippen molar-refractivity contribution >= 4 is 57.5 Å². The lowest BCUT2D eigenvalue weighted by molar-refractivity contribution is 0.373. The van der Waals surface area contributed by atoms with E-state index in [0.29, 0.717) is 9.82 Å². The number of nitrogens with zero attached hydrogens (tertiary/aromatic N) is 3. The van der Waals surface area contributed by atoms with Gasteiger partial charge in [0.25, 0.3) is 10.0 Å². The molecule has 142 valence electrons. The van der Waals surface area contributed by atoms with Gasteiger partial charge in [-0.2, -0.15) is 0 Å². The van der Waals surface area contributed by atoms with Crippen molar-refractivity contribution in [3.63, 3.8) is 0 Å². The van der Waals surface area contributed by atoms with Gasteiger partial charge in [-0.05, 0) is 30.3 Å². The second-order valence-electron chi connectivity index (χ2n) is 5.47. The average Bonchev–Trinajstić information content (AvgIpc) is 2.57. The Balaban J connectivity index is 2.26. The number of halogens is 2. The summed E-state index contributed by atoms with van der Waals surface area (Å²) in [6, 6.07) is 8.14. The molecule has 2 aromatic carbocycles. The topological polar surface area (TPSA) is 121 Å². The molecular formula is C15H12Cl2N3O5PS. The fourth-order valence-electron chi connectivity index (χ4n) is 2.43. The zero-order chi connectivity index (χ0) is 19.8. The molecule has 0 radical (unpaired) electrons. The summed E-state index contributed by atoms with van der Waals surface area (Å²) < 4.78 is 38.6. The van der Waals surface area contributed by atoms with Crippen LogP contribution in [-0.4, -0.2) is 34.5 Å². The molecule has 0 bridgehead atoms. The van der Waals surface area contributed by atoms with Crippen LogP contribution in [0.2, 0.25) is 10.0 Å². The number of hydrogen-bond acceptors (Lipinski definition) is 5. The van der Waals surface area contributed by atoms with Crippen molar-refractivity contribution in [2.75, 3.05) is 10.6 Å². The molecule has 0 saturated carbocycles. The minimum atomic E-state index is -4.77. The highest BCUT2D eigenvalue weighted by Crippen LogP contribution is 2.41. The lowest BCUT2D eigenvalue weighted by Gasteiger charge is -2.25. The molecule has 0 amide bonds. The third-order valence-corrected chi connectivity index (χ3v) is 6.50. The van der Waals surface area contributed by atoms with Gasteiger partial charge in [0.05, 0.1) is 16.1 Å². The normalized spacial score (nSPS) is 12.3. The smallest absolute Gasteiger partial charge is 0.323 e. The van der Waals surface area contributed by atoms with E-state index in [1.165, 1.54) is 30.6 Å². The van der Waals surface area contributed by atoms with E-state index >= 15 is 0 Å². The Labute approximate surface area is 164 Å². The molecule has 8 nitrogen and oxygen atoms in total. The van der Waals surface area contributed by atoms with Gasteiger partial charge in [-0.25, -0.2) is 8.42 Å². The number of aromatic nitrogens is 2. The molecular weight excluding hydrogens is 436 g/mol. The van der Waals surface area contributed by atoms with Gasteiger partial charge in [-0.15, -0.1) is 0 Å². The van der Waals surface area contributed by atoms with Crippen molar-refractivity contribution in [1.29, 1.82) is 0 Å². The maximum Gasteiger partial charge on any atom is 0.345 e. The number of benzene rings is 2. The maximum absolute atomic E-state index is 13.2. The first-order chi connectivity index (χ1) is 12.6. The highest BCUT2D eigenvalue weighted by molar-refractivity contribution is 7.93. The van der Waals surface area contributed by atoms with E-state index in [0.717, 1.165) is 12.1 Å². The van der Waals surface area contributed by atoms with Crippen LogP contribution in [0.15, 0.2) is 53.7 Å². The number of sulfonamides is 1. The van der Waals surface area contributed by atoms with E-state index in [-0.39, 0.29) is 26.1 Å². The summed E-state index contributed by atoms with van der Waals surface area (Å²) in [6.45, 7) is 0.